The Kier molecular flexibility index (Phi) is 4.06. The molecule has 2 aromatic rings. The SMILES string of the molecule is CC(C)=CC(=O)OC(C)(C)[C@@H]1Cc2cc3ccc(=O)oc3c(O)c2O1. The van der Waals surface area contributed by atoms with Crippen LogP contribution in [0.15, 0.2) is 39.1 Å². The van der Waals surface area contributed by atoms with Gasteiger partial charge in [-0.3, -0.25) is 0 Å². The number of esters is 1. The Hall–Kier alpha value is -2.76. The van der Waals surface area contributed by atoms with Crippen molar-refractivity contribution in [1.29, 1.82) is 0 Å². The third kappa shape index (κ3) is 3.24. The van der Waals surface area contributed by atoms with E-state index >= 15 is 0 Å². The summed E-state index contributed by atoms with van der Waals surface area (Å²) in [7, 11) is 0. The quantitative estimate of drug-likeness (QED) is 0.523. The molecular formula is C19H20O6. The molecule has 1 N–H and O–H groups in total. The van der Waals surface area contributed by atoms with Crippen LogP contribution in [0.3, 0.4) is 0 Å². The lowest BCUT2D eigenvalue weighted by Gasteiger charge is -2.30. The van der Waals surface area contributed by atoms with Gasteiger partial charge in [-0.15, -0.1) is 0 Å². The van der Waals surface area contributed by atoms with Crippen molar-refractivity contribution in [3.63, 3.8) is 0 Å². The Morgan fingerprint density at radius 3 is 2.76 bits per heavy atom. The molecule has 1 atom stereocenters. The molecule has 0 fully saturated rings. The van der Waals surface area contributed by atoms with E-state index in [0.29, 0.717) is 11.8 Å². The van der Waals surface area contributed by atoms with E-state index in [4.69, 9.17) is 13.9 Å². The van der Waals surface area contributed by atoms with Crippen LogP contribution in [0, 0.1) is 0 Å². The van der Waals surface area contributed by atoms with Crippen LogP contribution in [0.1, 0.15) is 33.3 Å². The molecule has 1 aromatic heterocycles. The number of carbonyl (C=O) groups excluding carboxylic acids is 1. The minimum absolute atomic E-state index is 0.0891. The molecule has 0 unspecified atom stereocenters. The van der Waals surface area contributed by atoms with E-state index in [1.165, 1.54) is 12.1 Å². The van der Waals surface area contributed by atoms with Gasteiger partial charge in [0.1, 0.15) is 11.7 Å². The number of allylic oxidation sites excluding steroid dienone is 1. The zero-order valence-electron chi connectivity index (χ0n) is 14.6. The van der Waals surface area contributed by atoms with Gasteiger partial charge >= 0.3 is 11.6 Å². The van der Waals surface area contributed by atoms with E-state index in [1.807, 2.05) is 13.8 Å². The largest absolute Gasteiger partial charge is 0.502 e. The Labute approximate surface area is 144 Å². The van der Waals surface area contributed by atoms with Gasteiger partial charge in [0.25, 0.3) is 0 Å². The summed E-state index contributed by atoms with van der Waals surface area (Å²) >= 11 is 0. The van der Waals surface area contributed by atoms with Crippen molar-refractivity contribution in [2.75, 3.05) is 0 Å². The van der Waals surface area contributed by atoms with Crippen molar-refractivity contribution in [3.05, 3.63) is 45.8 Å². The molecule has 6 nitrogen and oxygen atoms in total. The first-order chi connectivity index (χ1) is 11.7. The maximum Gasteiger partial charge on any atom is 0.336 e. The number of rotatable bonds is 3. The molecule has 2 heterocycles. The molecular weight excluding hydrogens is 324 g/mol. The van der Waals surface area contributed by atoms with Crippen molar-refractivity contribution in [2.24, 2.45) is 0 Å². The molecule has 0 bridgehead atoms. The maximum atomic E-state index is 11.9. The van der Waals surface area contributed by atoms with Gasteiger partial charge in [0.05, 0.1) is 0 Å². The van der Waals surface area contributed by atoms with Crippen LogP contribution in [0.25, 0.3) is 11.0 Å². The third-order valence-corrected chi connectivity index (χ3v) is 4.13. The number of fused-ring (bicyclic) bond motifs is 2. The average Bonchev–Trinajstić information content (AvgIpc) is 2.92. The first kappa shape index (κ1) is 17.1. The van der Waals surface area contributed by atoms with Crippen LogP contribution >= 0.6 is 0 Å². The van der Waals surface area contributed by atoms with Crippen LogP contribution in [0.2, 0.25) is 0 Å². The summed E-state index contributed by atoms with van der Waals surface area (Å²) in [5.74, 6) is -0.387. The second kappa shape index (κ2) is 5.95. The standard InChI is InChI=1S/C19H20O6/c1-10(2)7-15(21)25-19(3,4)13-9-12-8-11-5-6-14(20)24-17(11)16(22)18(12)23-13/h5-8,13,22H,9H2,1-4H3/t13-/m0/s1. The zero-order valence-corrected chi connectivity index (χ0v) is 14.6. The zero-order chi connectivity index (χ0) is 18.4. The topological polar surface area (TPSA) is 86.0 Å². The normalized spacial score (nSPS) is 16.2. The molecule has 0 saturated heterocycles. The van der Waals surface area contributed by atoms with Crippen LogP contribution < -0.4 is 10.4 Å². The highest BCUT2D eigenvalue weighted by atomic mass is 16.6. The predicted molar refractivity (Wildman–Crippen MR) is 91.9 cm³/mol. The minimum atomic E-state index is -0.901. The number of hydrogen-bond donors (Lipinski definition) is 1. The summed E-state index contributed by atoms with van der Waals surface area (Å²) in [5.41, 5.74) is 0.256. The third-order valence-electron chi connectivity index (χ3n) is 4.13. The number of phenols is 1. The van der Waals surface area contributed by atoms with Crippen molar-refractivity contribution < 1.29 is 23.8 Å². The molecule has 0 saturated carbocycles. The number of phenolic OH excluding ortho intramolecular Hbond substituents is 1. The number of hydrogen-bond acceptors (Lipinski definition) is 6. The average molecular weight is 344 g/mol. The van der Waals surface area contributed by atoms with Crippen molar-refractivity contribution in [3.8, 4) is 11.5 Å². The number of benzene rings is 1. The molecule has 0 spiro atoms. The van der Waals surface area contributed by atoms with E-state index in [9.17, 15) is 14.7 Å². The molecule has 1 aliphatic heterocycles. The van der Waals surface area contributed by atoms with Gasteiger partial charge in [-0.05, 0) is 39.8 Å². The fourth-order valence-corrected chi connectivity index (χ4v) is 2.88. The molecule has 6 heteroatoms. The molecule has 1 aromatic carbocycles. The highest BCUT2D eigenvalue weighted by molar-refractivity contribution is 5.87. The van der Waals surface area contributed by atoms with E-state index in [2.05, 4.69) is 0 Å². The summed E-state index contributed by atoms with van der Waals surface area (Å²) in [6, 6.07) is 4.70. The van der Waals surface area contributed by atoms with Crippen molar-refractivity contribution >= 4 is 16.9 Å². The summed E-state index contributed by atoms with van der Waals surface area (Å²) in [6.07, 6.45) is 1.42. The van der Waals surface area contributed by atoms with Gasteiger partial charge in [-0.1, -0.05) is 5.57 Å². The van der Waals surface area contributed by atoms with Crippen LogP contribution in [-0.2, 0) is 16.0 Å². The molecule has 1 aliphatic rings. The predicted octanol–water partition coefficient (Wildman–Crippen LogP) is 3.09. The highest BCUT2D eigenvalue weighted by Crippen LogP contribution is 2.44. The molecule has 132 valence electrons. The first-order valence-corrected chi connectivity index (χ1v) is 8.00. The van der Waals surface area contributed by atoms with Crippen molar-refractivity contribution in [2.45, 2.75) is 45.8 Å². The van der Waals surface area contributed by atoms with E-state index in [-0.39, 0.29) is 17.1 Å². The van der Waals surface area contributed by atoms with Gasteiger partial charge in [0.2, 0.25) is 5.75 Å². The van der Waals surface area contributed by atoms with Crippen molar-refractivity contribution in [1.82, 2.24) is 0 Å². The smallest absolute Gasteiger partial charge is 0.336 e. The summed E-state index contributed by atoms with van der Waals surface area (Å²) in [6.45, 7) is 7.15. The lowest BCUT2D eigenvalue weighted by atomic mass is 9.96. The van der Waals surface area contributed by atoms with Gasteiger partial charge < -0.3 is 19.0 Å². The first-order valence-electron chi connectivity index (χ1n) is 8.00. The number of carbonyl (C=O) groups is 1. The molecule has 25 heavy (non-hydrogen) atoms. The molecule has 0 aliphatic carbocycles. The lowest BCUT2D eigenvalue weighted by molar-refractivity contribution is -0.158. The number of ether oxygens (including phenoxy) is 2. The number of aromatic hydroxyl groups is 1. The fourth-order valence-electron chi connectivity index (χ4n) is 2.88. The van der Waals surface area contributed by atoms with E-state index in [0.717, 1.165) is 11.1 Å². The van der Waals surface area contributed by atoms with E-state index < -0.39 is 23.3 Å². The van der Waals surface area contributed by atoms with Crippen LogP contribution in [0.5, 0.6) is 11.5 Å². The Morgan fingerprint density at radius 1 is 1.36 bits per heavy atom. The Bertz CT molecular complexity index is 931. The van der Waals surface area contributed by atoms with Gasteiger partial charge in [-0.25, -0.2) is 9.59 Å². The Morgan fingerprint density at radius 2 is 2.08 bits per heavy atom. The Balaban J connectivity index is 1.91. The minimum Gasteiger partial charge on any atom is -0.502 e. The monoisotopic (exact) mass is 344 g/mol. The van der Waals surface area contributed by atoms with Gasteiger partial charge in [0.15, 0.2) is 11.3 Å². The fraction of sp³-hybridized carbons (Fsp3) is 0.368. The van der Waals surface area contributed by atoms with Gasteiger partial charge in [0, 0.05) is 29.5 Å². The van der Waals surface area contributed by atoms with Crippen LogP contribution in [0.4, 0.5) is 0 Å². The second-order valence-electron chi connectivity index (χ2n) is 6.94. The summed E-state index contributed by atoms with van der Waals surface area (Å²) < 4.78 is 16.4. The van der Waals surface area contributed by atoms with Crippen LogP contribution in [-0.4, -0.2) is 22.8 Å². The molecule has 0 radical (unpaired) electrons. The lowest BCUT2D eigenvalue weighted by Crippen LogP contribution is -2.43. The molecule has 3 rings (SSSR count). The second-order valence-corrected chi connectivity index (χ2v) is 6.94. The van der Waals surface area contributed by atoms with Gasteiger partial charge in [-0.2, -0.15) is 0 Å². The van der Waals surface area contributed by atoms with E-state index in [1.54, 1.807) is 26.0 Å². The summed E-state index contributed by atoms with van der Waals surface area (Å²) in [5, 5.41) is 11.0. The molecule has 0 amide bonds. The summed E-state index contributed by atoms with van der Waals surface area (Å²) in [4.78, 5) is 23.3. The highest BCUT2D eigenvalue weighted by Gasteiger charge is 2.41. The maximum absolute atomic E-state index is 11.9.